The fourth-order valence-electron chi connectivity index (χ4n) is 2.80. The maximum absolute atomic E-state index is 12.4. The van der Waals surface area contributed by atoms with Crippen LogP contribution in [-0.2, 0) is 16.6 Å². The smallest absolute Gasteiger partial charge is 0.241 e. The van der Waals surface area contributed by atoms with Crippen LogP contribution in [0.4, 0.5) is 0 Å². The molecule has 0 spiro atoms. The summed E-state index contributed by atoms with van der Waals surface area (Å²) >= 11 is 1.42. The summed E-state index contributed by atoms with van der Waals surface area (Å²) in [6.45, 7) is 4.87. The van der Waals surface area contributed by atoms with Crippen LogP contribution in [0.15, 0.2) is 10.3 Å². The second-order valence-electron chi connectivity index (χ2n) is 5.51. The number of nitrogens with one attached hydrogen (secondary N) is 1. The van der Waals surface area contributed by atoms with Crippen LogP contribution >= 0.6 is 11.3 Å². The van der Waals surface area contributed by atoms with Crippen LogP contribution in [0, 0.1) is 18.8 Å². The monoisotopic (exact) mass is 302 g/mol. The topological polar surface area (TPSA) is 72.2 Å². The molecule has 19 heavy (non-hydrogen) atoms. The van der Waals surface area contributed by atoms with Crippen molar-refractivity contribution in [2.24, 2.45) is 17.6 Å². The molecule has 108 valence electrons. The number of nitrogens with two attached hydrogens (primary N) is 1. The molecule has 0 radical (unpaired) electrons. The highest BCUT2D eigenvalue weighted by Crippen LogP contribution is 2.31. The second-order valence-corrected chi connectivity index (χ2v) is 8.18. The summed E-state index contributed by atoms with van der Waals surface area (Å²) in [5, 5.41) is 1.86. The van der Waals surface area contributed by atoms with Crippen LogP contribution in [0.3, 0.4) is 0 Å². The summed E-state index contributed by atoms with van der Waals surface area (Å²) in [6, 6.07) is 0. The summed E-state index contributed by atoms with van der Waals surface area (Å²) in [5.74, 6) is 1.20. The lowest BCUT2D eigenvalue weighted by Gasteiger charge is -2.12. The van der Waals surface area contributed by atoms with Gasteiger partial charge in [0.15, 0.2) is 0 Å². The van der Waals surface area contributed by atoms with E-state index < -0.39 is 10.0 Å². The molecule has 1 heterocycles. The molecule has 1 fully saturated rings. The van der Waals surface area contributed by atoms with E-state index in [1.807, 2.05) is 12.3 Å². The van der Waals surface area contributed by atoms with E-state index in [4.69, 9.17) is 5.73 Å². The molecule has 6 heteroatoms. The molecule has 2 rings (SSSR count). The molecule has 0 aromatic carbocycles. The Morgan fingerprint density at radius 1 is 1.47 bits per heavy atom. The maximum Gasteiger partial charge on any atom is 0.241 e. The zero-order valence-electron chi connectivity index (χ0n) is 11.5. The Kier molecular flexibility index (Phi) is 4.66. The predicted molar refractivity (Wildman–Crippen MR) is 78.6 cm³/mol. The van der Waals surface area contributed by atoms with E-state index in [2.05, 4.69) is 11.6 Å². The van der Waals surface area contributed by atoms with Crippen molar-refractivity contribution < 1.29 is 8.42 Å². The Balaban J connectivity index is 2.08. The molecule has 0 aliphatic heterocycles. The molecule has 1 saturated carbocycles. The van der Waals surface area contributed by atoms with Crippen molar-refractivity contribution in [3.8, 4) is 0 Å². The van der Waals surface area contributed by atoms with Crippen LogP contribution in [0.5, 0.6) is 0 Å². The third-order valence-electron chi connectivity index (χ3n) is 3.81. The van der Waals surface area contributed by atoms with Gasteiger partial charge in [-0.25, -0.2) is 13.1 Å². The Morgan fingerprint density at radius 2 is 2.21 bits per heavy atom. The Hall–Kier alpha value is -0.430. The predicted octanol–water partition coefficient (Wildman–Crippen LogP) is 2.23. The van der Waals surface area contributed by atoms with Crippen LogP contribution in [0.25, 0.3) is 0 Å². The highest BCUT2D eigenvalue weighted by molar-refractivity contribution is 7.89. The van der Waals surface area contributed by atoms with Crippen LogP contribution in [-0.4, -0.2) is 15.0 Å². The number of sulfonamides is 1. The van der Waals surface area contributed by atoms with Gasteiger partial charge in [-0.05, 0) is 42.5 Å². The average Bonchev–Trinajstić information content (AvgIpc) is 2.93. The Morgan fingerprint density at radius 3 is 2.79 bits per heavy atom. The van der Waals surface area contributed by atoms with Gasteiger partial charge in [0, 0.05) is 18.0 Å². The maximum atomic E-state index is 12.4. The summed E-state index contributed by atoms with van der Waals surface area (Å²) < 4.78 is 27.5. The lowest BCUT2D eigenvalue weighted by Crippen LogP contribution is -2.29. The third-order valence-corrected chi connectivity index (χ3v) is 6.72. The lowest BCUT2D eigenvalue weighted by atomic mass is 10.1. The Bertz CT molecular complexity index is 537. The molecule has 1 aromatic heterocycles. The number of thiophene rings is 1. The van der Waals surface area contributed by atoms with E-state index in [0.29, 0.717) is 17.4 Å². The molecule has 2 unspecified atom stereocenters. The SMILES string of the molecule is Cc1csc(CN)c1S(=O)(=O)NCC1CCC(C)C1. The highest BCUT2D eigenvalue weighted by atomic mass is 32.2. The minimum absolute atomic E-state index is 0.273. The first kappa shape index (κ1) is 15.0. The molecule has 4 nitrogen and oxygen atoms in total. The summed E-state index contributed by atoms with van der Waals surface area (Å²) in [7, 11) is -3.41. The molecule has 0 bridgehead atoms. The average molecular weight is 302 g/mol. The van der Waals surface area contributed by atoms with Gasteiger partial charge < -0.3 is 5.73 Å². The van der Waals surface area contributed by atoms with Crippen molar-refractivity contribution in [3.05, 3.63) is 15.8 Å². The minimum Gasteiger partial charge on any atom is -0.326 e. The molecule has 1 aliphatic carbocycles. The largest absolute Gasteiger partial charge is 0.326 e. The summed E-state index contributed by atoms with van der Waals surface area (Å²) in [6.07, 6.45) is 3.45. The van der Waals surface area contributed by atoms with Gasteiger partial charge in [-0.1, -0.05) is 13.3 Å². The van der Waals surface area contributed by atoms with Crippen molar-refractivity contribution in [3.63, 3.8) is 0 Å². The van der Waals surface area contributed by atoms with Gasteiger partial charge >= 0.3 is 0 Å². The first-order chi connectivity index (χ1) is 8.94. The lowest BCUT2D eigenvalue weighted by molar-refractivity contribution is 0.498. The van der Waals surface area contributed by atoms with Crippen LogP contribution < -0.4 is 10.5 Å². The van der Waals surface area contributed by atoms with Crippen molar-refractivity contribution in [1.29, 1.82) is 0 Å². The van der Waals surface area contributed by atoms with Gasteiger partial charge in [-0.15, -0.1) is 11.3 Å². The van der Waals surface area contributed by atoms with Gasteiger partial charge in [0.1, 0.15) is 4.90 Å². The molecular formula is C13H22N2O2S2. The molecular weight excluding hydrogens is 280 g/mol. The fourth-order valence-corrected chi connectivity index (χ4v) is 5.61. The third kappa shape index (κ3) is 3.37. The van der Waals surface area contributed by atoms with E-state index in [1.165, 1.54) is 17.8 Å². The zero-order valence-corrected chi connectivity index (χ0v) is 13.1. The number of rotatable bonds is 5. The van der Waals surface area contributed by atoms with Gasteiger partial charge in [0.05, 0.1) is 0 Å². The van der Waals surface area contributed by atoms with Crippen LogP contribution in [0.1, 0.15) is 36.6 Å². The second kappa shape index (κ2) is 5.91. The van der Waals surface area contributed by atoms with E-state index in [9.17, 15) is 8.42 Å². The van der Waals surface area contributed by atoms with Crippen molar-refractivity contribution >= 4 is 21.4 Å². The number of hydrogen-bond acceptors (Lipinski definition) is 4. The first-order valence-electron chi connectivity index (χ1n) is 6.70. The molecule has 1 aromatic rings. The highest BCUT2D eigenvalue weighted by Gasteiger charge is 2.26. The van der Waals surface area contributed by atoms with Gasteiger partial charge in [-0.3, -0.25) is 0 Å². The fraction of sp³-hybridized carbons (Fsp3) is 0.692. The van der Waals surface area contributed by atoms with Crippen molar-refractivity contribution in [2.75, 3.05) is 6.54 Å². The summed E-state index contributed by atoms with van der Waals surface area (Å²) in [4.78, 5) is 1.14. The Labute approximate surface area is 119 Å². The molecule has 1 aliphatic rings. The standard InChI is InChI=1S/C13H22N2O2S2/c1-9-3-4-11(5-9)7-15-19(16,17)13-10(2)8-18-12(13)6-14/h8-9,11,15H,3-7,14H2,1-2H3. The first-order valence-corrected chi connectivity index (χ1v) is 9.07. The number of aryl methyl sites for hydroxylation is 1. The molecule has 0 saturated heterocycles. The van der Waals surface area contributed by atoms with Gasteiger partial charge in [-0.2, -0.15) is 0 Å². The van der Waals surface area contributed by atoms with Gasteiger partial charge in [0.25, 0.3) is 0 Å². The van der Waals surface area contributed by atoms with Crippen LogP contribution in [0.2, 0.25) is 0 Å². The normalized spacial score (nSPS) is 23.9. The van der Waals surface area contributed by atoms with Crippen molar-refractivity contribution in [1.82, 2.24) is 4.72 Å². The molecule has 0 amide bonds. The quantitative estimate of drug-likeness (QED) is 0.876. The number of hydrogen-bond donors (Lipinski definition) is 2. The van der Waals surface area contributed by atoms with Crippen molar-refractivity contribution in [2.45, 2.75) is 44.6 Å². The minimum atomic E-state index is -3.41. The summed E-state index contributed by atoms with van der Waals surface area (Å²) in [5.41, 5.74) is 6.40. The van der Waals surface area contributed by atoms with E-state index in [1.54, 1.807) is 0 Å². The van der Waals surface area contributed by atoms with E-state index >= 15 is 0 Å². The molecule has 2 atom stereocenters. The van der Waals surface area contributed by atoms with E-state index in [-0.39, 0.29) is 6.54 Å². The zero-order chi connectivity index (χ0) is 14.0. The van der Waals surface area contributed by atoms with Gasteiger partial charge in [0.2, 0.25) is 10.0 Å². The molecule has 3 N–H and O–H groups in total. The van der Waals surface area contributed by atoms with E-state index in [0.717, 1.165) is 29.2 Å².